The Hall–Kier alpha value is -3.51. The highest BCUT2D eigenvalue weighted by molar-refractivity contribution is 7.22. The Kier molecular flexibility index (Phi) is 8.12. The lowest BCUT2D eigenvalue weighted by atomic mass is 10.0. The molecule has 1 aliphatic heterocycles. The Morgan fingerprint density at radius 3 is 2.59 bits per heavy atom. The van der Waals surface area contributed by atoms with E-state index >= 15 is 0 Å². The number of benzene rings is 1. The first-order chi connectivity index (χ1) is 18.8. The SMILES string of the molecule is CCNC(=O)Nc1nc2cc(-c3cnc([C@@H](C)O)nc3)cc(-c3cc(CN4C[C@@H](C)O[C@@H](C)C4)ccn3)c2s1. The maximum atomic E-state index is 12.2. The summed E-state index contributed by atoms with van der Waals surface area (Å²) in [6.07, 6.45) is 4.88. The fourth-order valence-corrected chi connectivity index (χ4v) is 5.80. The molecule has 1 aliphatic rings. The van der Waals surface area contributed by atoms with Crippen molar-refractivity contribution < 1.29 is 14.6 Å². The fourth-order valence-electron chi connectivity index (χ4n) is 4.84. The van der Waals surface area contributed by atoms with Gasteiger partial charge in [0.25, 0.3) is 0 Å². The Bertz CT molecular complexity index is 1450. The van der Waals surface area contributed by atoms with Crippen LogP contribution in [0.3, 0.4) is 0 Å². The van der Waals surface area contributed by atoms with E-state index in [4.69, 9.17) is 14.7 Å². The van der Waals surface area contributed by atoms with Gasteiger partial charge in [0.05, 0.1) is 28.1 Å². The molecule has 11 heteroatoms. The number of urea groups is 1. The zero-order valence-corrected chi connectivity index (χ0v) is 23.3. The molecule has 0 unspecified atom stereocenters. The second-order valence-electron chi connectivity index (χ2n) is 9.88. The van der Waals surface area contributed by atoms with Crippen molar-refractivity contribution in [1.29, 1.82) is 0 Å². The van der Waals surface area contributed by atoms with Crippen LogP contribution < -0.4 is 10.6 Å². The topological polar surface area (TPSA) is 125 Å². The van der Waals surface area contributed by atoms with Crippen LogP contribution in [-0.4, -0.2) is 67.8 Å². The van der Waals surface area contributed by atoms with Gasteiger partial charge in [-0.3, -0.25) is 15.2 Å². The molecule has 0 spiro atoms. The molecule has 4 aromatic rings. The van der Waals surface area contributed by atoms with Crippen LogP contribution in [0.5, 0.6) is 0 Å². The van der Waals surface area contributed by atoms with Crippen molar-refractivity contribution in [3.05, 3.63) is 54.2 Å². The molecule has 10 nitrogen and oxygen atoms in total. The molecule has 1 aromatic carbocycles. The first-order valence-corrected chi connectivity index (χ1v) is 13.9. The van der Waals surface area contributed by atoms with Crippen LogP contribution in [0.15, 0.2) is 42.9 Å². The van der Waals surface area contributed by atoms with E-state index in [-0.39, 0.29) is 18.2 Å². The number of hydrogen-bond acceptors (Lipinski definition) is 9. The third-order valence-corrected chi connectivity index (χ3v) is 7.45. The van der Waals surface area contributed by atoms with E-state index < -0.39 is 6.10 Å². The maximum Gasteiger partial charge on any atom is 0.321 e. The Balaban J connectivity index is 1.54. The summed E-state index contributed by atoms with van der Waals surface area (Å²) in [5.74, 6) is 0.364. The number of aromatic nitrogens is 4. The number of rotatable bonds is 7. The highest BCUT2D eigenvalue weighted by Gasteiger charge is 2.22. The number of pyridine rings is 1. The summed E-state index contributed by atoms with van der Waals surface area (Å²) in [5.41, 5.74) is 5.29. The van der Waals surface area contributed by atoms with Gasteiger partial charge in [0.2, 0.25) is 0 Å². The van der Waals surface area contributed by atoms with Gasteiger partial charge in [0, 0.05) is 55.9 Å². The van der Waals surface area contributed by atoms with Gasteiger partial charge in [-0.05, 0) is 63.1 Å². The van der Waals surface area contributed by atoms with E-state index in [1.807, 2.05) is 25.3 Å². The van der Waals surface area contributed by atoms with Crippen LogP contribution in [0, 0.1) is 0 Å². The van der Waals surface area contributed by atoms with Crippen LogP contribution in [0.2, 0.25) is 0 Å². The summed E-state index contributed by atoms with van der Waals surface area (Å²) in [4.78, 5) is 32.7. The number of carbonyl (C=O) groups excluding carboxylic acids is 1. The molecule has 3 aromatic heterocycles. The second kappa shape index (κ2) is 11.7. The van der Waals surface area contributed by atoms with Crippen LogP contribution in [0.25, 0.3) is 32.6 Å². The third-order valence-electron chi connectivity index (χ3n) is 6.43. The van der Waals surface area contributed by atoms with Gasteiger partial charge in [0.15, 0.2) is 11.0 Å². The lowest BCUT2D eigenvalue weighted by molar-refractivity contribution is -0.0704. The molecule has 1 saturated heterocycles. The summed E-state index contributed by atoms with van der Waals surface area (Å²) >= 11 is 1.41. The minimum absolute atomic E-state index is 0.196. The number of aliphatic hydroxyl groups excluding tert-OH is 1. The molecule has 3 N–H and O–H groups in total. The number of thiazole rings is 1. The van der Waals surface area contributed by atoms with Crippen molar-refractivity contribution in [2.24, 2.45) is 0 Å². The zero-order chi connectivity index (χ0) is 27.5. The number of hydrogen-bond donors (Lipinski definition) is 3. The largest absolute Gasteiger partial charge is 0.385 e. The van der Waals surface area contributed by atoms with Crippen molar-refractivity contribution in [2.45, 2.75) is 52.6 Å². The monoisotopic (exact) mass is 547 g/mol. The molecule has 0 bridgehead atoms. The summed E-state index contributed by atoms with van der Waals surface area (Å²) in [6, 6.07) is 7.89. The predicted octanol–water partition coefficient (Wildman–Crippen LogP) is 4.62. The molecular weight excluding hydrogens is 514 g/mol. The Morgan fingerprint density at radius 1 is 1.15 bits per heavy atom. The average Bonchev–Trinajstić information content (AvgIpc) is 3.30. The Morgan fingerprint density at radius 2 is 1.90 bits per heavy atom. The van der Waals surface area contributed by atoms with E-state index in [2.05, 4.69) is 51.5 Å². The van der Waals surface area contributed by atoms with Gasteiger partial charge in [-0.2, -0.15) is 0 Å². The first kappa shape index (κ1) is 27.1. The number of nitrogens with zero attached hydrogens (tertiary/aromatic N) is 5. The molecule has 1 fully saturated rings. The van der Waals surface area contributed by atoms with E-state index in [1.54, 1.807) is 19.3 Å². The van der Waals surface area contributed by atoms with Crippen molar-refractivity contribution in [3.8, 4) is 22.4 Å². The quantitative estimate of drug-likeness (QED) is 0.306. The molecule has 5 rings (SSSR count). The summed E-state index contributed by atoms with van der Waals surface area (Å²) in [7, 11) is 0. The van der Waals surface area contributed by atoms with Gasteiger partial charge in [-0.25, -0.2) is 19.7 Å². The number of fused-ring (bicyclic) bond motifs is 1. The van der Waals surface area contributed by atoms with Crippen LogP contribution in [-0.2, 0) is 11.3 Å². The molecular formula is C28H33N7O3S. The smallest absolute Gasteiger partial charge is 0.321 e. The summed E-state index contributed by atoms with van der Waals surface area (Å²) in [5, 5.41) is 15.9. The number of amides is 2. The van der Waals surface area contributed by atoms with E-state index in [9.17, 15) is 9.90 Å². The summed E-state index contributed by atoms with van der Waals surface area (Å²) in [6.45, 7) is 10.8. The number of anilines is 1. The Labute approximate surface area is 231 Å². The van der Waals surface area contributed by atoms with Gasteiger partial charge in [-0.15, -0.1) is 0 Å². The normalized spacial score (nSPS) is 18.7. The van der Waals surface area contributed by atoms with Gasteiger partial charge >= 0.3 is 6.03 Å². The van der Waals surface area contributed by atoms with Crippen molar-refractivity contribution >= 4 is 32.7 Å². The first-order valence-electron chi connectivity index (χ1n) is 13.1. The van der Waals surface area contributed by atoms with Gasteiger partial charge in [0.1, 0.15) is 6.10 Å². The standard InChI is InChI=1S/C28H33N7O3S/c1-5-29-27(37)34-28-33-24-10-20(21-11-31-26(18(4)36)32-12-21)9-22(25(24)39-28)23-8-19(6-7-30-23)15-35-13-16(2)38-17(3)14-35/h6-12,16-18,36H,5,13-15H2,1-4H3,(H2,29,33,34,37)/t16-,17+,18-/m1/s1. The highest BCUT2D eigenvalue weighted by Crippen LogP contribution is 2.38. The maximum absolute atomic E-state index is 12.2. The number of carbonyl (C=O) groups is 1. The van der Waals surface area contributed by atoms with E-state index in [1.165, 1.54) is 11.3 Å². The van der Waals surface area contributed by atoms with Gasteiger partial charge < -0.3 is 15.2 Å². The molecule has 204 valence electrons. The molecule has 0 saturated carbocycles. The van der Waals surface area contributed by atoms with Crippen LogP contribution in [0.1, 0.15) is 45.2 Å². The minimum Gasteiger partial charge on any atom is -0.385 e. The number of ether oxygens (including phenoxy) is 1. The minimum atomic E-state index is -0.747. The molecule has 0 radical (unpaired) electrons. The molecule has 39 heavy (non-hydrogen) atoms. The summed E-state index contributed by atoms with van der Waals surface area (Å²) < 4.78 is 6.82. The predicted molar refractivity (Wildman–Crippen MR) is 152 cm³/mol. The highest BCUT2D eigenvalue weighted by atomic mass is 32.1. The number of morpholine rings is 1. The average molecular weight is 548 g/mol. The van der Waals surface area contributed by atoms with E-state index in [0.29, 0.717) is 17.5 Å². The molecule has 4 heterocycles. The number of aliphatic hydroxyl groups is 1. The van der Waals surface area contributed by atoms with Crippen molar-refractivity contribution in [1.82, 2.24) is 30.2 Å². The molecule has 0 aliphatic carbocycles. The zero-order valence-electron chi connectivity index (χ0n) is 22.5. The number of nitrogens with one attached hydrogen (secondary N) is 2. The van der Waals surface area contributed by atoms with Crippen molar-refractivity contribution in [3.63, 3.8) is 0 Å². The second-order valence-corrected chi connectivity index (χ2v) is 10.9. The van der Waals surface area contributed by atoms with Crippen molar-refractivity contribution in [2.75, 3.05) is 25.0 Å². The van der Waals surface area contributed by atoms with E-state index in [0.717, 1.165) is 57.8 Å². The lowest BCUT2D eigenvalue weighted by Crippen LogP contribution is -2.44. The molecule has 2 amide bonds. The van der Waals surface area contributed by atoms with Crippen LogP contribution >= 0.6 is 11.3 Å². The lowest BCUT2D eigenvalue weighted by Gasteiger charge is -2.35. The van der Waals surface area contributed by atoms with Gasteiger partial charge in [-0.1, -0.05) is 11.3 Å². The fraction of sp³-hybridized carbons (Fsp3) is 0.393. The van der Waals surface area contributed by atoms with Crippen LogP contribution in [0.4, 0.5) is 9.93 Å². The third kappa shape index (κ3) is 6.39. The molecule has 3 atom stereocenters.